The summed E-state index contributed by atoms with van der Waals surface area (Å²) >= 11 is 1.84. The summed E-state index contributed by atoms with van der Waals surface area (Å²) in [7, 11) is 0. The third kappa shape index (κ3) is 6.18. The number of hydrogen-bond donors (Lipinski definition) is 0. The average Bonchev–Trinajstić information content (AvgIpc) is 3.95. The van der Waals surface area contributed by atoms with Gasteiger partial charge in [0.15, 0.2) is 5.82 Å². The van der Waals surface area contributed by atoms with Gasteiger partial charge < -0.3 is 0 Å². The molecule has 12 aromatic rings. The molecule has 0 radical (unpaired) electrons. The number of rotatable bonds is 7. The van der Waals surface area contributed by atoms with Gasteiger partial charge in [0.1, 0.15) is 5.69 Å². The van der Waals surface area contributed by atoms with Crippen LogP contribution in [0.15, 0.2) is 218 Å². The van der Waals surface area contributed by atoms with Crippen molar-refractivity contribution in [2.24, 2.45) is 0 Å². The normalized spacial score (nSPS) is 11.5. The highest BCUT2D eigenvalue weighted by Gasteiger charge is 2.22. The smallest absolute Gasteiger partial charge is 0.160 e. The third-order valence-corrected chi connectivity index (χ3v) is 13.0. The predicted molar refractivity (Wildman–Crippen MR) is 259 cm³/mol. The first-order chi connectivity index (χ1) is 30.7. The molecule has 0 aliphatic heterocycles. The zero-order chi connectivity index (χ0) is 41.0. The molecule has 0 N–H and O–H groups in total. The molecule has 4 heterocycles. The molecule has 4 nitrogen and oxygen atoms in total. The fourth-order valence-electron chi connectivity index (χ4n) is 8.90. The van der Waals surface area contributed by atoms with Gasteiger partial charge in [0.05, 0.1) is 22.6 Å². The van der Waals surface area contributed by atoms with E-state index in [0.717, 1.165) is 83.6 Å². The molecule has 8 aromatic carbocycles. The summed E-state index contributed by atoms with van der Waals surface area (Å²) in [6, 6.07) is 77.3. The SMILES string of the molecule is c1ccc(-c2nc(-c3ccc(-c4cc5ccccc5c5c(-c6ccccc6)c(-c6ccccc6)nn45)cc3)cc(-c3cccc(-c4cccc5sc6ccccc6c45)c3)n2)cc1. The minimum absolute atomic E-state index is 0.688. The van der Waals surface area contributed by atoms with E-state index in [-0.39, 0.29) is 0 Å². The van der Waals surface area contributed by atoms with E-state index in [0.29, 0.717) is 5.82 Å². The summed E-state index contributed by atoms with van der Waals surface area (Å²) in [4.78, 5) is 10.4. The van der Waals surface area contributed by atoms with Gasteiger partial charge in [-0.1, -0.05) is 188 Å². The Morgan fingerprint density at radius 1 is 0.387 bits per heavy atom. The van der Waals surface area contributed by atoms with Gasteiger partial charge in [-0.2, -0.15) is 5.10 Å². The topological polar surface area (TPSA) is 43.1 Å². The lowest BCUT2D eigenvalue weighted by Crippen LogP contribution is -1.97. The van der Waals surface area contributed by atoms with Gasteiger partial charge >= 0.3 is 0 Å². The lowest BCUT2D eigenvalue weighted by molar-refractivity contribution is 0.979. The van der Waals surface area contributed by atoms with E-state index < -0.39 is 0 Å². The standard InChI is InChI=1S/C57H36N4S/c1-4-16-39(17-5-1)53-55(40-18-6-2-7-19-40)60-61-50(35-43-22-10-11-25-46(43)56(53)61)38-32-30-37(31-33-38)48-36-49(59-57(58-48)41-20-8-3-9-21-41)44-24-14-23-42(34-44)45-27-15-29-52-54(45)47-26-12-13-28-51(47)62-52/h1-36H. The number of fused-ring (bicyclic) bond motifs is 6. The van der Waals surface area contributed by atoms with E-state index in [1.165, 1.54) is 25.7 Å². The number of nitrogens with zero attached hydrogens (tertiary/aromatic N) is 4. The van der Waals surface area contributed by atoms with Crippen molar-refractivity contribution in [3.63, 3.8) is 0 Å². The zero-order valence-electron chi connectivity index (χ0n) is 33.5. The Bertz CT molecular complexity index is 3610. The summed E-state index contributed by atoms with van der Waals surface area (Å²) in [5.41, 5.74) is 14.6. The number of pyridine rings is 1. The van der Waals surface area contributed by atoms with E-state index in [1.54, 1.807) is 0 Å². The van der Waals surface area contributed by atoms with Crippen LogP contribution in [0.25, 0.3) is 115 Å². The minimum atomic E-state index is 0.688. The highest BCUT2D eigenvalue weighted by molar-refractivity contribution is 7.25. The van der Waals surface area contributed by atoms with Gasteiger partial charge in [0.2, 0.25) is 0 Å². The number of benzene rings is 8. The highest BCUT2D eigenvalue weighted by Crippen LogP contribution is 2.43. The molecule has 62 heavy (non-hydrogen) atoms. The molecule has 12 rings (SSSR count). The molecule has 0 unspecified atom stereocenters. The molecule has 4 aromatic heterocycles. The summed E-state index contributed by atoms with van der Waals surface area (Å²) in [5, 5.41) is 10.3. The molecule has 5 heteroatoms. The van der Waals surface area contributed by atoms with E-state index in [2.05, 4.69) is 205 Å². The van der Waals surface area contributed by atoms with Crippen molar-refractivity contribution in [2.45, 2.75) is 0 Å². The lowest BCUT2D eigenvalue weighted by Gasteiger charge is -2.13. The summed E-state index contributed by atoms with van der Waals surface area (Å²) in [5.74, 6) is 0.688. The Labute approximate surface area is 362 Å². The van der Waals surface area contributed by atoms with Crippen molar-refractivity contribution in [1.82, 2.24) is 19.6 Å². The van der Waals surface area contributed by atoms with Crippen LogP contribution < -0.4 is 0 Å². The fourth-order valence-corrected chi connectivity index (χ4v) is 10.0. The quantitative estimate of drug-likeness (QED) is 0.161. The lowest BCUT2D eigenvalue weighted by atomic mass is 9.96. The third-order valence-electron chi connectivity index (χ3n) is 11.8. The van der Waals surface area contributed by atoms with Crippen LogP contribution in [0.3, 0.4) is 0 Å². The van der Waals surface area contributed by atoms with Gasteiger partial charge in [-0.05, 0) is 52.4 Å². The Morgan fingerprint density at radius 2 is 0.968 bits per heavy atom. The zero-order valence-corrected chi connectivity index (χ0v) is 34.3. The van der Waals surface area contributed by atoms with Gasteiger partial charge in [-0.25, -0.2) is 14.5 Å². The molecular weight excluding hydrogens is 773 g/mol. The molecule has 0 saturated carbocycles. The molecule has 0 bridgehead atoms. The van der Waals surface area contributed by atoms with Gasteiger partial charge in [0.25, 0.3) is 0 Å². The van der Waals surface area contributed by atoms with Gasteiger partial charge in [-0.3, -0.25) is 0 Å². The number of aromatic nitrogens is 4. The van der Waals surface area contributed by atoms with Crippen molar-refractivity contribution in [3.8, 4) is 78.7 Å². The van der Waals surface area contributed by atoms with Gasteiger partial charge in [-0.15, -0.1) is 11.3 Å². The van der Waals surface area contributed by atoms with Crippen molar-refractivity contribution < 1.29 is 0 Å². The molecule has 0 atom stereocenters. The molecule has 0 fully saturated rings. The second-order valence-corrected chi connectivity index (χ2v) is 16.7. The van der Waals surface area contributed by atoms with E-state index >= 15 is 0 Å². The minimum Gasteiger partial charge on any atom is -0.231 e. The largest absolute Gasteiger partial charge is 0.231 e. The van der Waals surface area contributed by atoms with E-state index in [9.17, 15) is 0 Å². The number of thiophene rings is 1. The monoisotopic (exact) mass is 808 g/mol. The van der Waals surface area contributed by atoms with Gasteiger partial charge in [0, 0.05) is 58.9 Å². The Kier molecular flexibility index (Phi) is 8.65. The van der Waals surface area contributed by atoms with Crippen LogP contribution in [0.1, 0.15) is 0 Å². The summed E-state index contributed by atoms with van der Waals surface area (Å²) < 4.78 is 4.73. The van der Waals surface area contributed by atoms with Crippen LogP contribution in [-0.4, -0.2) is 19.6 Å². The second kappa shape index (κ2) is 14.9. The van der Waals surface area contributed by atoms with Crippen LogP contribution >= 0.6 is 11.3 Å². The molecular formula is C57H36N4S. The molecule has 0 spiro atoms. The Morgan fingerprint density at radius 3 is 1.74 bits per heavy atom. The van der Waals surface area contributed by atoms with Crippen LogP contribution in [0.2, 0.25) is 0 Å². The Hall–Kier alpha value is -7.99. The van der Waals surface area contributed by atoms with E-state index in [1.807, 2.05) is 29.5 Å². The first-order valence-electron chi connectivity index (χ1n) is 20.9. The van der Waals surface area contributed by atoms with Crippen LogP contribution in [0.5, 0.6) is 0 Å². The molecule has 290 valence electrons. The molecule has 0 aliphatic carbocycles. The van der Waals surface area contributed by atoms with Crippen LogP contribution in [0.4, 0.5) is 0 Å². The summed E-state index contributed by atoms with van der Waals surface area (Å²) in [6.45, 7) is 0. The molecule has 0 amide bonds. The maximum absolute atomic E-state index is 5.41. The van der Waals surface area contributed by atoms with Crippen LogP contribution in [-0.2, 0) is 0 Å². The number of hydrogen-bond acceptors (Lipinski definition) is 4. The fraction of sp³-hybridized carbons (Fsp3) is 0. The summed E-state index contributed by atoms with van der Waals surface area (Å²) in [6.07, 6.45) is 0. The first kappa shape index (κ1) is 35.9. The van der Waals surface area contributed by atoms with E-state index in [4.69, 9.17) is 15.1 Å². The molecule has 0 saturated heterocycles. The van der Waals surface area contributed by atoms with Crippen molar-refractivity contribution in [3.05, 3.63) is 218 Å². The maximum Gasteiger partial charge on any atom is 0.160 e. The van der Waals surface area contributed by atoms with Crippen molar-refractivity contribution in [2.75, 3.05) is 0 Å². The Balaban J connectivity index is 0.997. The van der Waals surface area contributed by atoms with Crippen LogP contribution in [0, 0.1) is 0 Å². The highest BCUT2D eigenvalue weighted by atomic mass is 32.1. The maximum atomic E-state index is 5.41. The average molecular weight is 809 g/mol. The van der Waals surface area contributed by atoms with Crippen molar-refractivity contribution in [1.29, 1.82) is 0 Å². The molecule has 0 aliphatic rings. The predicted octanol–water partition coefficient (Wildman–Crippen LogP) is 15.3. The first-order valence-corrected chi connectivity index (χ1v) is 21.7. The van der Waals surface area contributed by atoms with Crippen molar-refractivity contribution >= 4 is 47.8 Å². The second-order valence-electron chi connectivity index (χ2n) is 15.6.